The first-order chi connectivity index (χ1) is 13.5. The monoisotopic (exact) mass is 375 g/mol. The molecule has 28 heavy (non-hydrogen) atoms. The molecule has 2 N–H and O–H groups in total. The predicted molar refractivity (Wildman–Crippen MR) is 110 cm³/mol. The first-order valence-corrected chi connectivity index (χ1v) is 9.65. The van der Waals surface area contributed by atoms with Gasteiger partial charge >= 0.3 is 0 Å². The summed E-state index contributed by atoms with van der Waals surface area (Å²) in [5.74, 6) is -0.168. The molecule has 0 aliphatic heterocycles. The zero-order valence-electron chi connectivity index (χ0n) is 16.3. The molecule has 0 atom stereocenters. The van der Waals surface area contributed by atoms with Gasteiger partial charge in [-0.25, -0.2) is 0 Å². The molecule has 0 unspecified atom stereocenters. The van der Waals surface area contributed by atoms with Crippen molar-refractivity contribution in [1.82, 2.24) is 0 Å². The van der Waals surface area contributed by atoms with Crippen molar-refractivity contribution < 1.29 is 9.59 Å². The van der Waals surface area contributed by atoms with Crippen LogP contribution in [0.5, 0.6) is 0 Å². The fourth-order valence-corrected chi connectivity index (χ4v) is 3.72. The lowest BCUT2D eigenvalue weighted by molar-refractivity contribution is -0.125. The number of rotatable bonds is 4. The molecule has 5 nitrogen and oxygen atoms in total. The maximum absolute atomic E-state index is 12.6. The fraction of sp³-hybridized carbons (Fsp3) is 0.348. The quantitative estimate of drug-likeness (QED) is 0.822. The van der Waals surface area contributed by atoms with E-state index in [4.69, 9.17) is 5.26 Å². The van der Waals surface area contributed by atoms with Crippen LogP contribution < -0.4 is 10.6 Å². The van der Waals surface area contributed by atoms with E-state index in [1.807, 2.05) is 26.0 Å². The summed E-state index contributed by atoms with van der Waals surface area (Å²) in [5.41, 5.74) is 4.24. The van der Waals surface area contributed by atoms with Gasteiger partial charge in [0, 0.05) is 23.2 Å². The molecule has 0 radical (unpaired) electrons. The minimum Gasteiger partial charge on any atom is -0.326 e. The highest BCUT2D eigenvalue weighted by Gasteiger charge is 2.30. The highest BCUT2D eigenvalue weighted by Crippen LogP contribution is 2.31. The average Bonchev–Trinajstić information content (AvgIpc) is 2.70. The molecule has 0 aromatic heterocycles. The van der Waals surface area contributed by atoms with Crippen LogP contribution in [0.2, 0.25) is 0 Å². The number of hydrogen-bond acceptors (Lipinski definition) is 3. The summed E-state index contributed by atoms with van der Waals surface area (Å²) in [7, 11) is 0. The third-order valence-electron chi connectivity index (χ3n) is 5.37. The number of carbonyl (C=O) groups excluding carboxylic acids is 2. The van der Waals surface area contributed by atoms with Crippen molar-refractivity contribution in [1.29, 1.82) is 5.26 Å². The van der Waals surface area contributed by atoms with Gasteiger partial charge in [-0.15, -0.1) is 0 Å². The molecule has 2 aromatic rings. The summed E-state index contributed by atoms with van der Waals surface area (Å²) in [6.45, 7) is 4.02. The zero-order chi connectivity index (χ0) is 20.1. The molecule has 1 aliphatic rings. The topological polar surface area (TPSA) is 82.0 Å². The van der Waals surface area contributed by atoms with E-state index >= 15 is 0 Å². The third-order valence-corrected chi connectivity index (χ3v) is 5.37. The number of benzene rings is 2. The summed E-state index contributed by atoms with van der Waals surface area (Å²) in [6, 6.07) is 15.0. The molecule has 144 valence electrons. The number of nitriles is 1. The van der Waals surface area contributed by atoms with Crippen LogP contribution in [0.15, 0.2) is 42.5 Å². The van der Waals surface area contributed by atoms with Gasteiger partial charge in [-0.2, -0.15) is 5.26 Å². The lowest BCUT2D eigenvalue weighted by Crippen LogP contribution is -2.32. The molecule has 1 saturated carbocycles. The smallest absolute Gasteiger partial charge is 0.227 e. The minimum atomic E-state index is -0.101. The van der Waals surface area contributed by atoms with E-state index in [2.05, 4.69) is 22.8 Å². The van der Waals surface area contributed by atoms with Crippen LogP contribution >= 0.6 is 0 Å². The number of nitrogens with one attached hydrogen (secondary N) is 2. The van der Waals surface area contributed by atoms with Crippen molar-refractivity contribution in [3.05, 3.63) is 59.2 Å². The summed E-state index contributed by atoms with van der Waals surface area (Å²) in [4.78, 5) is 25.1. The molecule has 5 heteroatoms. The van der Waals surface area contributed by atoms with Crippen molar-refractivity contribution in [3.63, 3.8) is 0 Å². The fourth-order valence-electron chi connectivity index (χ4n) is 3.72. The number of aryl methyl sites for hydroxylation is 2. The molecular weight excluding hydrogens is 350 g/mol. The largest absolute Gasteiger partial charge is 0.326 e. The van der Waals surface area contributed by atoms with E-state index in [1.54, 1.807) is 24.3 Å². The van der Waals surface area contributed by atoms with Crippen LogP contribution in [0.4, 0.5) is 11.4 Å². The molecular formula is C23H25N3O2. The Labute approximate surface area is 165 Å². The maximum atomic E-state index is 12.6. The second-order valence-electron chi connectivity index (χ2n) is 7.54. The summed E-state index contributed by atoms with van der Waals surface area (Å²) in [6.07, 6.45) is 2.78. The highest BCUT2D eigenvalue weighted by molar-refractivity contribution is 5.95. The summed E-state index contributed by atoms with van der Waals surface area (Å²) in [5, 5.41) is 14.9. The van der Waals surface area contributed by atoms with E-state index in [9.17, 15) is 9.59 Å². The summed E-state index contributed by atoms with van der Waals surface area (Å²) < 4.78 is 0. The molecule has 1 aliphatic carbocycles. The number of hydrogen-bond donors (Lipinski definition) is 2. The minimum absolute atomic E-state index is 0.0348. The van der Waals surface area contributed by atoms with E-state index in [0.29, 0.717) is 36.9 Å². The van der Waals surface area contributed by atoms with Crippen LogP contribution in [0.3, 0.4) is 0 Å². The standard InChI is InChI=1S/C23H25N3O2/c1-15-6-11-21(16(2)12-15)26-23(28)19-9-7-18(8-10-19)22(27)25-20-5-3-4-17(13-20)14-24/h3-6,11-13,18-19H,7-10H2,1-2H3,(H,25,27)(H,26,28). The highest BCUT2D eigenvalue weighted by atomic mass is 16.2. The normalized spacial score (nSPS) is 18.8. The Morgan fingerprint density at radius 1 is 0.929 bits per heavy atom. The Balaban J connectivity index is 1.52. The van der Waals surface area contributed by atoms with Gasteiger partial charge in [0.2, 0.25) is 11.8 Å². The first kappa shape index (κ1) is 19.6. The molecule has 0 spiro atoms. The van der Waals surface area contributed by atoms with E-state index in [0.717, 1.165) is 11.3 Å². The van der Waals surface area contributed by atoms with Crippen molar-refractivity contribution >= 4 is 23.2 Å². The second-order valence-corrected chi connectivity index (χ2v) is 7.54. The van der Waals surface area contributed by atoms with Gasteiger partial charge in [-0.05, 0) is 69.4 Å². The second kappa shape index (κ2) is 8.71. The SMILES string of the molecule is Cc1ccc(NC(=O)C2CCC(C(=O)Nc3cccc(C#N)c3)CC2)c(C)c1. The van der Waals surface area contributed by atoms with Crippen molar-refractivity contribution in [2.75, 3.05) is 10.6 Å². The van der Waals surface area contributed by atoms with Crippen LogP contribution in [0, 0.1) is 37.0 Å². The van der Waals surface area contributed by atoms with Crippen LogP contribution in [-0.2, 0) is 9.59 Å². The molecule has 0 heterocycles. The Morgan fingerprint density at radius 2 is 1.57 bits per heavy atom. The van der Waals surface area contributed by atoms with Gasteiger partial charge in [0.15, 0.2) is 0 Å². The molecule has 1 fully saturated rings. The van der Waals surface area contributed by atoms with Gasteiger partial charge in [0.25, 0.3) is 0 Å². The lowest BCUT2D eigenvalue weighted by atomic mass is 9.81. The van der Waals surface area contributed by atoms with Gasteiger partial charge in [-0.1, -0.05) is 23.8 Å². The predicted octanol–water partition coefficient (Wildman–Crippen LogP) is 4.56. The van der Waals surface area contributed by atoms with Gasteiger partial charge in [-0.3, -0.25) is 9.59 Å². The maximum Gasteiger partial charge on any atom is 0.227 e. The van der Waals surface area contributed by atoms with Crippen molar-refractivity contribution in [2.45, 2.75) is 39.5 Å². The van der Waals surface area contributed by atoms with E-state index < -0.39 is 0 Å². The molecule has 0 saturated heterocycles. The van der Waals surface area contributed by atoms with Crippen molar-refractivity contribution in [3.8, 4) is 6.07 Å². The Kier molecular flexibility index (Phi) is 6.10. The number of amides is 2. The first-order valence-electron chi connectivity index (χ1n) is 9.65. The Hall–Kier alpha value is -3.13. The molecule has 3 rings (SSSR count). The lowest BCUT2D eigenvalue weighted by Gasteiger charge is -2.27. The van der Waals surface area contributed by atoms with Crippen LogP contribution in [-0.4, -0.2) is 11.8 Å². The van der Waals surface area contributed by atoms with Gasteiger partial charge in [0.05, 0.1) is 11.6 Å². The number of anilines is 2. The number of nitrogens with zero attached hydrogens (tertiary/aromatic N) is 1. The summed E-state index contributed by atoms with van der Waals surface area (Å²) >= 11 is 0. The molecule has 2 aromatic carbocycles. The Morgan fingerprint density at radius 3 is 2.18 bits per heavy atom. The van der Waals surface area contributed by atoms with Gasteiger partial charge in [0.1, 0.15) is 0 Å². The number of carbonyl (C=O) groups is 2. The molecule has 0 bridgehead atoms. The van der Waals surface area contributed by atoms with E-state index in [1.165, 1.54) is 5.56 Å². The molecule has 2 amide bonds. The van der Waals surface area contributed by atoms with Crippen molar-refractivity contribution in [2.24, 2.45) is 11.8 Å². The average molecular weight is 375 g/mol. The Bertz CT molecular complexity index is 922. The van der Waals surface area contributed by atoms with E-state index in [-0.39, 0.29) is 23.7 Å². The van der Waals surface area contributed by atoms with Gasteiger partial charge < -0.3 is 10.6 Å². The third kappa shape index (κ3) is 4.77. The van der Waals surface area contributed by atoms with Crippen LogP contribution in [0.1, 0.15) is 42.4 Å². The zero-order valence-corrected chi connectivity index (χ0v) is 16.3. The van der Waals surface area contributed by atoms with Crippen LogP contribution in [0.25, 0.3) is 0 Å².